The monoisotopic (exact) mass is 492 g/mol. The van der Waals surface area contributed by atoms with Crippen molar-refractivity contribution in [1.29, 1.82) is 0 Å². The maximum absolute atomic E-state index is 13.3. The van der Waals surface area contributed by atoms with Gasteiger partial charge in [0.25, 0.3) is 0 Å². The first-order chi connectivity index (χ1) is 16.6. The van der Waals surface area contributed by atoms with Crippen LogP contribution in [0.15, 0.2) is 24.3 Å². The maximum atomic E-state index is 13.3. The number of piperidine rings is 1. The standard InChI is InChI=1S/C24H27F3N4O4/c1-13(32)22-17-7-2-3-8-18(17)30(29-22)12-21(33)31-19-9-14(19)10-20(31)23(34)28-15-5-4-6-16(11-15)35-24(25,26)27/h2-3,7-8,14-16,19-20H,4-6,9-12H2,1H3,(H,28,34)/t14-,15?,16?,19-,20+/m1/s1. The van der Waals surface area contributed by atoms with Crippen LogP contribution in [-0.2, 0) is 20.9 Å². The number of carbonyl (C=O) groups is 3. The van der Waals surface area contributed by atoms with Crippen molar-refractivity contribution in [3.63, 3.8) is 0 Å². The summed E-state index contributed by atoms with van der Waals surface area (Å²) in [5, 5.41) is 7.89. The van der Waals surface area contributed by atoms with Crippen LogP contribution >= 0.6 is 0 Å². The van der Waals surface area contributed by atoms with E-state index >= 15 is 0 Å². The summed E-state index contributed by atoms with van der Waals surface area (Å²) < 4.78 is 43.5. The van der Waals surface area contributed by atoms with Gasteiger partial charge >= 0.3 is 6.36 Å². The molecule has 2 heterocycles. The fraction of sp³-hybridized carbons (Fsp3) is 0.583. The van der Waals surface area contributed by atoms with Crippen molar-refractivity contribution in [3.8, 4) is 0 Å². The molecule has 2 aromatic rings. The van der Waals surface area contributed by atoms with Gasteiger partial charge in [-0.25, -0.2) is 0 Å². The van der Waals surface area contributed by atoms with E-state index in [1.54, 1.807) is 29.2 Å². The lowest BCUT2D eigenvalue weighted by Gasteiger charge is -2.33. The van der Waals surface area contributed by atoms with Crippen LogP contribution in [0.4, 0.5) is 13.2 Å². The van der Waals surface area contributed by atoms with Crippen molar-refractivity contribution in [2.45, 2.75) is 82.6 Å². The lowest BCUT2D eigenvalue weighted by Crippen LogP contribution is -2.52. The number of ether oxygens (including phenoxy) is 1. The third-order valence-corrected chi connectivity index (χ3v) is 7.24. The zero-order chi connectivity index (χ0) is 24.9. The Hall–Kier alpha value is -2.95. The number of Topliss-reactive ketones (excluding diaryl/α,β-unsaturated/α-hetero) is 1. The molecule has 3 aliphatic rings. The second kappa shape index (κ2) is 8.92. The van der Waals surface area contributed by atoms with Crippen molar-refractivity contribution in [1.82, 2.24) is 20.0 Å². The minimum Gasteiger partial charge on any atom is -0.351 e. The number of hydrogen-bond donors (Lipinski definition) is 1. The number of ketones is 1. The van der Waals surface area contributed by atoms with Crippen molar-refractivity contribution in [2.75, 3.05) is 0 Å². The zero-order valence-corrected chi connectivity index (χ0v) is 19.3. The Kier molecular flexibility index (Phi) is 6.06. The van der Waals surface area contributed by atoms with Gasteiger partial charge in [0.1, 0.15) is 18.3 Å². The van der Waals surface area contributed by atoms with Crippen LogP contribution in [0.5, 0.6) is 0 Å². The zero-order valence-electron chi connectivity index (χ0n) is 19.3. The van der Waals surface area contributed by atoms with E-state index in [4.69, 9.17) is 0 Å². The van der Waals surface area contributed by atoms with Gasteiger partial charge in [-0.3, -0.25) is 23.8 Å². The SMILES string of the molecule is CC(=O)c1nn(CC(=O)N2[C@@H]3C[C@@H]3C[C@H]2C(=O)NC2CCCC(OC(F)(F)F)C2)c2ccccc12. The molecule has 188 valence electrons. The summed E-state index contributed by atoms with van der Waals surface area (Å²) in [7, 11) is 0. The number of nitrogens with one attached hydrogen (secondary N) is 1. The molecule has 5 rings (SSSR count). The molecule has 1 aromatic heterocycles. The molecule has 0 radical (unpaired) electrons. The number of para-hydroxylation sites is 1. The number of rotatable bonds is 6. The summed E-state index contributed by atoms with van der Waals surface area (Å²) in [6.07, 6.45) is -2.83. The van der Waals surface area contributed by atoms with Crippen molar-refractivity contribution in [2.24, 2.45) is 5.92 Å². The summed E-state index contributed by atoms with van der Waals surface area (Å²) in [4.78, 5) is 40.1. The topological polar surface area (TPSA) is 93.5 Å². The molecule has 0 spiro atoms. The highest BCUT2D eigenvalue weighted by molar-refractivity contribution is 6.05. The van der Waals surface area contributed by atoms with E-state index in [1.165, 1.54) is 11.6 Å². The summed E-state index contributed by atoms with van der Waals surface area (Å²) in [6.45, 7) is 1.32. The van der Waals surface area contributed by atoms with Gasteiger partial charge in [0.15, 0.2) is 5.78 Å². The number of benzene rings is 1. The number of likely N-dealkylation sites (tertiary alicyclic amines) is 1. The molecule has 2 saturated carbocycles. The first-order valence-electron chi connectivity index (χ1n) is 11.9. The van der Waals surface area contributed by atoms with Gasteiger partial charge in [0.2, 0.25) is 11.8 Å². The molecule has 2 unspecified atom stereocenters. The Morgan fingerprint density at radius 3 is 2.66 bits per heavy atom. The van der Waals surface area contributed by atoms with Crippen molar-refractivity contribution < 1.29 is 32.3 Å². The second-order valence-corrected chi connectivity index (χ2v) is 9.75. The molecule has 1 aliphatic heterocycles. The number of halogens is 3. The van der Waals surface area contributed by atoms with Gasteiger partial charge < -0.3 is 10.2 Å². The largest absolute Gasteiger partial charge is 0.522 e. The van der Waals surface area contributed by atoms with E-state index < -0.39 is 24.6 Å². The molecular weight excluding hydrogens is 465 g/mol. The number of nitrogens with zero attached hydrogens (tertiary/aromatic N) is 3. The number of carbonyl (C=O) groups excluding carboxylic acids is 3. The van der Waals surface area contributed by atoms with Gasteiger partial charge in [-0.15, -0.1) is 13.2 Å². The number of fused-ring (bicyclic) bond motifs is 2. The van der Waals surface area contributed by atoms with E-state index in [2.05, 4.69) is 15.2 Å². The minimum atomic E-state index is -4.70. The third kappa shape index (κ3) is 4.91. The second-order valence-electron chi connectivity index (χ2n) is 9.75. The number of aromatic nitrogens is 2. The van der Waals surface area contributed by atoms with Crippen LogP contribution in [0.25, 0.3) is 10.9 Å². The molecule has 1 N–H and O–H groups in total. The lowest BCUT2D eigenvalue weighted by atomic mass is 9.92. The van der Waals surface area contributed by atoms with Crippen LogP contribution < -0.4 is 5.32 Å². The van der Waals surface area contributed by atoms with E-state index in [0.717, 1.165) is 6.42 Å². The smallest absolute Gasteiger partial charge is 0.351 e. The Morgan fingerprint density at radius 1 is 1.14 bits per heavy atom. The van der Waals surface area contributed by atoms with Crippen molar-refractivity contribution in [3.05, 3.63) is 30.0 Å². The molecular formula is C24H27F3N4O4. The molecule has 2 amide bonds. The summed E-state index contributed by atoms with van der Waals surface area (Å²) in [6, 6.07) is 6.07. The highest BCUT2D eigenvalue weighted by atomic mass is 19.4. The number of amides is 2. The number of hydrogen-bond acceptors (Lipinski definition) is 5. The van der Waals surface area contributed by atoms with Gasteiger partial charge in [0.05, 0.1) is 11.6 Å². The Labute approximate surface area is 199 Å². The normalized spacial score (nSPS) is 28.1. The summed E-state index contributed by atoms with van der Waals surface area (Å²) in [5.41, 5.74) is 0.956. The van der Waals surface area contributed by atoms with Crippen LogP contribution in [0.1, 0.15) is 55.9 Å². The summed E-state index contributed by atoms with van der Waals surface area (Å²) in [5.74, 6) is -0.545. The van der Waals surface area contributed by atoms with Crippen LogP contribution in [0.2, 0.25) is 0 Å². The fourth-order valence-corrected chi connectivity index (χ4v) is 5.64. The molecule has 35 heavy (non-hydrogen) atoms. The molecule has 8 nitrogen and oxygen atoms in total. The van der Waals surface area contributed by atoms with Gasteiger partial charge in [-0.2, -0.15) is 5.10 Å². The average molecular weight is 492 g/mol. The van der Waals surface area contributed by atoms with E-state index in [9.17, 15) is 27.6 Å². The van der Waals surface area contributed by atoms with Gasteiger partial charge in [0, 0.05) is 24.4 Å². The number of alkyl halides is 3. The predicted octanol–water partition coefficient (Wildman–Crippen LogP) is 3.19. The molecule has 1 saturated heterocycles. The fourth-order valence-electron chi connectivity index (χ4n) is 5.64. The van der Waals surface area contributed by atoms with Gasteiger partial charge in [-0.1, -0.05) is 18.2 Å². The Balaban J connectivity index is 1.27. The van der Waals surface area contributed by atoms with Crippen LogP contribution in [0, 0.1) is 5.92 Å². The van der Waals surface area contributed by atoms with Crippen LogP contribution in [0.3, 0.4) is 0 Å². The summed E-state index contributed by atoms with van der Waals surface area (Å²) >= 11 is 0. The lowest BCUT2D eigenvalue weighted by molar-refractivity contribution is -0.345. The molecule has 2 aliphatic carbocycles. The molecule has 0 bridgehead atoms. The van der Waals surface area contributed by atoms with Gasteiger partial charge in [-0.05, 0) is 50.5 Å². The highest BCUT2D eigenvalue weighted by Gasteiger charge is 2.56. The third-order valence-electron chi connectivity index (χ3n) is 7.24. The maximum Gasteiger partial charge on any atom is 0.522 e. The molecule has 1 aromatic carbocycles. The highest BCUT2D eigenvalue weighted by Crippen LogP contribution is 2.48. The molecule has 5 atom stereocenters. The predicted molar refractivity (Wildman–Crippen MR) is 118 cm³/mol. The van der Waals surface area contributed by atoms with E-state index in [-0.39, 0.29) is 42.5 Å². The first kappa shape index (κ1) is 23.8. The van der Waals surface area contributed by atoms with Crippen LogP contribution in [-0.4, -0.2) is 62.9 Å². The average Bonchev–Trinajstić information content (AvgIpc) is 3.28. The molecule has 11 heteroatoms. The van der Waals surface area contributed by atoms with Crippen molar-refractivity contribution >= 4 is 28.5 Å². The molecule has 3 fully saturated rings. The Bertz CT molecular complexity index is 1160. The quantitative estimate of drug-likeness (QED) is 0.626. The first-order valence-corrected chi connectivity index (χ1v) is 11.9. The minimum absolute atomic E-state index is 0.0139. The Morgan fingerprint density at radius 2 is 1.91 bits per heavy atom. The van der Waals surface area contributed by atoms with E-state index in [1.807, 2.05) is 0 Å². The van der Waals surface area contributed by atoms with E-state index in [0.29, 0.717) is 42.3 Å².